The number of hydrogen-bond donors (Lipinski definition) is 1. The van der Waals surface area contributed by atoms with Crippen LogP contribution < -0.4 is 5.73 Å². The third-order valence-electron chi connectivity index (χ3n) is 2.52. The molecule has 1 unspecified atom stereocenters. The average molecular weight is 226 g/mol. The molecule has 1 aromatic rings. The molecule has 1 amide bonds. The van der Waals surface area contributed by atoms with Gasteiger partial charge in [-0.1, -0.05) is 37.6 Å². The number of hydrogen-bond acceptors (Lipinski definition) is 1. The van der Waals surface area contributed by atoms with Crippen LogP contribution in [0.4, 0.5) is 0 Å². The van der Waals surface area contributed by atoms with Crippen molar-refractivity contribution in [3.63, 3.8) is 0 Å². The van der Waals surface area contributed by atoms with Gasteiger partial charge in [0.2, 0.25) is 5.91 Å². The zero-order valence-corrected chi connectivity index (χ0v) is 9.79. The second-order valence-corrected chi connectivity index (χ2v) is 4.51. The number of benzene rings is 1. The summed E-state index contributed by atoms with van der Waals surface area (Å²) in [6, 6.07) is 7.59. The molecule has 2 N–H and O–H groups in total. The van der Waals surface area contributed by atoms with Crippen molar-refractivity contribution in [1.29, 1.82) is 0 Å². The van der Waals surface area contributed by atoms with Crippen LogP contribution in [0.15, 0.2) is 24.3 Å². The van der Waals surface area contributed by atoms with Gasteiger partial charge in [-0.3, -0.25) is 4.79 Å². The molecule has 1 rings (SSSR count). The van der Waals surface area contributed by atoms with Gasteiger partial charge in [-0.05, 0) is 29.5 Å². The van der Waals surface area contributed by atoms with E-state index in [0.29, 0.717) is 17.4 Å². The third-order valence-corrected chi connectivity index (χ3v) is 2.78. The molecule has 0 fully saturated rings. The zero-order chi connectivity index (χ0) is 11.4. The van der Waals surface area contributed by atoms with Crippen LogP contribution >= 0.6 is 11.6 Å². The fourth-order valence-electron chi connectivity index (χ4n) is 1.67. The molecule has 0 aromatic heterocycles. The molecular weight excluding hydrogens is 210 g/mol. The lowest BCUT2D eigenvalue weighted by atomic mass is 9.86. The smallest absolute Gasteiger partial charge is 0.218 e. The van der Waals surface area contributed by atoms with E-state index in [1.807, 2.05) is 24.3 Å². The first-order valence-electron chi connectivity index (χ1n) is 5.04. The predicted molar refractivity (Wildman–Crippen MR) is 62.8 cm³/mol. The molecule has 1 aromatic carbocycles. The van der Waals surface area contributed by atoms with Gasteiger partial charge in [-0.15, -0.1) is 0 Å². The van der Waals surface area contributed by atoms with Crippen LogP contribution in [0, 0.1) is 5.92 Å². The molecule has 2 nitrogen and oxygen atoms in total. The molecule has 0 bridgehead atoms. The van der Waals surface area contributed by atoms with Crippen LogP contribution in [0.5, 0.6) is 0 Å². The monoisotopic (exact) mass is 225 g/mol. The largest absolute Gasteiger partial charge is 0.370 e. The van der Waals surface area contributed by atoms with Crippen molar-refractivity contribution in [2.75, 3.05) is 0 Å². The van der Waals surface area contributed by atoms with Gasteiger partial charge >= 0.3 is 0 Å². The summed E-state index contributed by atoms with van der Waals surface area (Å²) < 4.78 is 0. The van der Waals surface area contributed by atoms with Crippen molar-refractivity contribution in [2.45, 2.75) is 26.2 Å². The van der Waals surface area contributed by atoms with Gasteiger partial charge < -0.3 is 5.73 Å². The molecule has 0 aliphatic carbocycles. The SMILES string of the molecule is CC(C)C(CC(N)=O)c1ccc(Cl)cc1. The zero-order valence-electron chi connectivity index (χ0n) is 9.03. The summed E-state index contributed by atoms with van der Waals surface area (Å²) in [5.74, 6) is 0.307. The van der Waals surface area contributed by atoms with E-state index in [4.69, 9.17) is 17.3 Å². The Kier molecular flexibility index (Phi) is 4.15. The number of carbonyl (C=O) groups is 1. The molecule has 0 aliphatic heterocycles. The Bertz CT molecular complexity index is 332. The summed E-state index contributed by atoms with van der Waals surface area (Å²) in [6.45, 7) is 4.17. The van der Waals surface area contributed by atoms with E-state index < -0.39 is 0 Å². The highest BCUT2D eigenvalue weighted by Crippen LogP contribution is 2.28. The van der Waals surface area contributed by atoms with E-state index in [1.54, 1.807) is 0 Å². The quantitative estimate of drug-likeness (QED) is 0.841. The van der Waals surface area contributed by atoms with Crippen molar-refractivity contribution >= 4 is 17.5 Å². The Morgan fingerprint density at radius 3 is 2.27 bits per heavy atom. The van der Waals surface area contributed by atoms with Crippen molar-refractivity contribution in [1.82, 2.24) is 0 Å². The molecule has 1 atom stereocenters. The Morgan fingerprint density at radius 2 is 1.87 bits per heavy atom. The summed E-state index contributed by atoms with van der Waals surface area (Å²) in [5.41, 5.74) is 6.35. The Labute approximate surface area is 95.4 Å². The third kappa shape index (κ3) is 3.56. The van der Waals surface area contributed by atoms with E-state index in [-0.39, 0.29) is 11.8 Å². The fraction of sp³-hybridized carbons (Fsp3) is 0.417. The lowest BCUT2D eigenvalue weighted by molar-refractivity contribution is -0.118. The lowest BCUT2D eigenvalue weighted by Gasteiger charge is -2.19. The topological polar surface area (TPSA) is 43.1 Å². The maximum atomic E-state index is 11.0. The summed E-state index contributed by atoms with van der Waals surface area (Å²) in [6.07, 6.45) is 0.388. The van der Waals surface area contributed by atoms with Crippen molar-refractivity contribution in [2.24, 2.45) is 11.7 Å². The van der Waals surface area contributed by atoms with Gasteiger partial charge in [0, 0.05) is 11.4 Å². The van der Waals surface area contributed by atoms with E-state index in [9.17, 15) is 4.79 Å². The first-order valence-corrected chi connectivity index (χ1v) is 5.42. The van der Waals surface area contributed by atoms with Crippen molar-refractivity contribution < 1.29 is 4.79 Å². The molecule has 3 heteroatoms. The minimum Gasteiger partial charge on any atom is -0.370 e. The molecule has 0 saturated heterocycles. The first kappa shape index (κ1) is 12.1. The summed E-state index contributed by atoms with van der Waals surface area (Å²) in [7, 11) is 0. The molecule has 0 spiro atoms. The van der Waals surface area contributed by atoms with Crippen LogP contribution in [0.3, 0.4) is 0 Å². The van der Waals surface area contributed by atoms with Crippen LogP contribution in [0.2, 0.25) is 5.02 Å². The summed E-state index contributed by atoms with van der Waals surface area (Å²) in [4.78, 5) is 11.0. The van der Waals surface area contributed by atoms with Gasteiger partial charge in [-0.25, -0.2) is 0 Å². The molecule has 0 heterocycles. The standard InChI is InChI=1S/C12H16ClNO/c1-8(2)11(7-12(14)15)9-3-5-10(13)6-4-9/h3-6,8,11H,7H2,1-2H3,(H2,14,15). The Morgan fingerprint density at radius 1 is 1.33 bits per heavy atom. The minimum absolute atomic E-state index is 0.180. The number of amides is 1. The number of carbonyl (C=O) groups excluding carboxylic acids is 1. The molecule has 0 radical (unpaired) electrons. The van der Waals surface area contributed by atoms with Crippen molar-refractivity contribution in [3.8, 4) is 0 Å². The van der Waals surface area contributed by atoms with Crippen LogP contribution in [0.25, 0.3) is 0 Å². The van der Waals surface area contributed by atoms with E-state index in [2.05, 4.69) is 13.8 Å². The molecule has 82 valence electrons. The minimum atomic E-state index is -0.261. The average Bonchev–Trinajstić information content (AvgIpc) is 2.15. The van der Waals surface area contributed by atoms with Gasteiger partial charge in [0.05, 0.1) is 0 Å². The number of halogens is 1. The van der Waals surface area contributed by atoms with Gasteiger partial charge in [0.25, 0.3) is 0 Å². The van der Waals surface area contributed by atoms with Gasteiger partial charge in [0.15, 0.2) is 0 Å². The van der Waals surface area contributed by atoms with Crippen LogP contribution in [-0.4, -0.2) is 5.91 Å². The molecule has 0 aliphatic rings. The maximum absolute atomic E-state index is 11.0. The van der Waals surface area contributed by atoms with Gasteiger partial charge in [-0.2, -0.15) is 0 Å². The molecule has 15 heavy (non-hydrogen) atoms. The Balaban J connectivity index is 2.88. The van der Waals surface area contributed by atoms with Crippen molar-refractivity contribution in [3.05, 3.63) is 34.9 Å². The van der Waals surface area contributed by atoms with Crippen LogP contribution in [-0.2, 0) is 4.79 Å². The Hall–Kier alpha value is -1.02. The predicted octanol–water partition coefficient (Wildman–Crippen LogP) is 2.96. The number of primary amides is 1. The van der Waals surface area contributed by atoms with E-state index in [1.165, 1.54) is 0 Å². The fourth-order valence-corrected chi connectivity index (χ4v) is 1.79. The number of nitrogens with two attached hydrogens (primary N) is 1. The summed E-state index contributed by atoms with van der Waals surface area (Å²) in [5, 5.41) is 0.709. The van der Waals surface area contributed by atoms with E-state index in [0.717, 1.165) is 5.56 Å². The molecular formula is C12H16ClNO. The first-order chi connectivity index (χ1) is 7.00. The molecule has 0 saturated carbocycles. The summed E-state index contributed by atoms with van der Waals surface area (Å²) >= 11 is 5.81. The number of rotatable bonds is 4. The second-order valence-electron chi connectivity index (χ2n) is 4.07. The normalized spacial score (nSPS) is 12.8. The lowest BCUT2D eigenvalue weighted by Crippen LogP contribution is -2.18. The van der Waals surface area contributed by atoms with Gasteiger partial charge in [0.1, 0.15) is 0 Å². The van der Waals surface area contributed by atoms with Crippen LogP contribution in [0.1, 0.15) is 31.7 Å². The highest BCUT2D eigenvalue weighted by atomic mass is 35.5. The highest BCUT2D eigenvalue weighted by Gasteiger charge is 2.17. The maximum Gasteiger partial charge on any atom is 0.218 e. The second kappa shape index (κ2) is 5.17. The highest BCUT2D eigenvalue weighted by molar-refractivity contribution is 6.30. The van der Waals surface area contributed by atoms with E-state index >= 15 is 0 Å².